The lowest BCUT2D eigenvalue weighted by Gasteiger charge is -2.35. The zero-order valence-electron chi connectivity index (χ0n) is 14.8. The van der Waals surface area contributed by atoms with E-state index in [1.165, 1.54) is 19.1 Å². The fourth-order valence-electron chi connectivity index (χ4n) is 3.18. The molecule has 0 radical (unpaired) electrons. The van der Waals surface area contributed by atoms with Crippen molar-refractivity contribution in [2.24, 2.45) is 5.41 Å². The average molecular weight is 383 g/mol. The number of nitrogens with zero attached hydrogens (tertiary/aromatic N) is 2. The lowest BCUT2D eigenvalue weighted by molar-refractivity contribution is -0.146. The van der Waals surface area contributed by atoms with Gasteiger partial charge in [-0.15, -0.1) is 0 Å². The lowest BCUT2D eigenvalue weighted by Crippen LogP contribution is -2.53. The Morgan fingerprint density at radius 1 is 0.963 bits per heavy atom. The summed E-state index contributed by atoms with van der Waals surface area (Å²) in [7, 11) is 0. The molecular formula is C18H20F3N3O3. The molecule has 1 saturated heterocycles. The van der Waals surface area contributed by atoms with Gasteiger partial charge in [0.15, 0.2) is 0 Å². The SMILES string of the molecule is CC(=O)N1CCN(C(=O)C2(C(=O)Nc3ccc(C(F)(F)F)cc3)CC2)CC1. The molecule has 1 aromatic rings. The molecular weight excluding hydrogens is 363 g/mol. The van der Waals surface area contributed by atoms with Crippen molar-refractivity contribution in [2.75, 3.05) is 31.5 Å². The number of hydrogen-bond acceptors (Lipinski definition) is 3. The van der Waals surface area contributed by atoms with Crippen LogP contribution in [0.2, 0.25) is 0 Å². The van der Waals surface area contributed by atoms with Crippen LogP contribution < -0.4 is 5.32 Å². The van der Waals surface area contributed by atoms with Gasteiger partial charge in [0.05, 0.1) is 5.56 Å². The molecule has 2 fully saturated rings. The number of carbonyl (C=O) groups is 3. The van der Waals surface area contributed by atoms with Gasteiger partial charge in [0.2, 0.25) is 17.7 Å². The summed E-state index contributed by atoms with van der Waals surface area (Å²) in [6.45, 7) is 3.06. The highest BCUT2D eigenvalue weighted by molar-refractivity contribution is 6.13. The van der Waals surface area contributed by atoms with Crippen LogP contribution in [0, 0.1) is 5.41 Å². The Balaban J connectivity index is 1.63. The van der Waals surface area contributed by atoms with E-state index in [1.54, 1.807) is 9.80 Å². The summed E-state index contributed by atoms with van der Waals surface area (Å²) in [6, 6.07) is 4.12. The highest BCUT2D eigenvalue weighted by Crippen LogP contribution is 2.48. The molecule has 1 aliphatic carbocycles. The Bertz CT molecular complexity index is 749. The number of nitrogens with one attached hydrogen (secondary N) is 1. The molecule has 3 amide bonds. The smallest absolute Gasteiger partial charge is 0.339 e. The molecule has 1 saturated carbocycles. The van der Waals surface area contributed by atoms with Gasteiger partial charge < -0.3 is 15.1 Å². The molecule has 27 heavy (non-hydrogen) atoms. The van der Waals surface area contributed by atoms with Crippen molar-refractivity contribution in [1.82, 2.24) is 9.80 Å². The van der Waals surface area contributed by atoms with E-state index in [1.807, 2.05) is 0 Å². The number of amides is 3. The predicted molar refractivity (Wildman–Crippen MR) is 90.6 cm³/mol. The minimum Gasteiger partial charge on any atom is -0.339 e. The first kappa shape index (κ1) is 19.2. The predicted octanol–water partition coefficient (Wildman–Crippen LogP) is 2.11. The average Bonchev–Trinajstić information content (AvgIpc) is 3.43. The maximum Gasteiger partial charge on any atom is 0.416 e. The van der Waals surface area contributed by atoms with Gasteiger partial charge in [-0.25, -0.2) is 0 Å². The van der Waals surface area contributed by atoms with Gasteiger partial charge in [-0.05, 0) is 37.1 Å². The third kappa shape index (κ3) is 3.91. The largest absolute Gasteiger partial charge is 0.416 e. The minimum atomic E-state index is -4.45. The topological polar surface area (TPSA) is 69.7 Å². The maximum atomic E-state index is 12.8. The van der Waals surface area contributed by atoms with Crippen LogP contribution in [-0.4, -0.2) is 53.7 Å². The standard InChI is InChI=1S/C18H20F3N3O3/c1-12(25)23-8-10-24(11-9-23)16(27)17(6-7-17)15(26)22-14-4-2-13(3-5-14)18(19,20)21/h2-5H,6-11H2,1H3,(H,22,26). The molecule has 1 aromatic carbocycles. The number of piperazine rings is 1. The van der Waals surface area contributed by atoms with E-state index in [4.69, 9.17) is 0 Å². The van der Waals surface area contributed by atoms with Gasteiger partial charge in [0.1, 0.15) is 5.41 Å². The van der Waals surface area contributed by atoms with E-state index >= 15 is 0 Å². The second-order valence-electron chi connectivity index (χ2n) is 6.91. The summed E-state index contributed by atoms with van der Waals surface area (Å²) in [5.41, 5.74) is -1.74. The first-order chi connectivity index (χ1) is 12.6. The van der Waals surface area contributed by atoms with E-state index in [0.717, 1.165) is 12.1 Å². The number of halogens is 3. The van der Waals surface area contributed by atoms with Crippen molar-refractivity contribution in [3.63, 3.8) is 0 Å². The number of alkyl halides is 3. The molecule has 1 aliphatic heterocycles. The fraction of sp³-hybridized carbons (Fsp3) is 0.500. The summed E-state index contributed by atoms with van der Waals surface area (Å²) < 4.78 is 37.8. The van der Waals surface area contributed by atoms with Crippen LogP contribution in [0.4, 0.5) is 18.9 Å². The molecule has 2 aliphatic rings. The molecule has 9 heteroatoms. The molecule has 146 valence electrons. The summed E-state index contributed by atoms with van der Waals surface area (Å²) >= 11 is 0. The Kier molecular flexibility index (Phi) is 4.88. The third-order valence-electron chi connectivity index (χ3n) is 5.08. The van der Waals surface area contributed by atoms with E-state index in [-0.39, 0.29) is 17.5 Å². The van der Waals surface area contributed by atoms with Crippen LogP contribution in [0.5, 0.6) is 0 Å². The summed E-state index contributed by atoms with van der Waals surface area (Å²) in [4.78, 5) is 40.0. The summed E-state index contributed by atoms with van der Waals surface area (Å²) in [5.74, 6) is -0.834. The number of anilines is 1. The Labute approximate surface area is 154 Å². The second kappa shape index (κ2) is 6.86. The molecule has 0 unspecified atom stereocenters. The molecule has 1 N–H and O–H groups in total. The van der Waals surface area contributed by atoms with Crippen LogP contribution >= 0.6 is 0 Å². The molecule has 0 aromatic heterocycles. The van der Waals surface area contributed by atoms with Gasteiger partial charge in [0.25, 0.3) is 0 Å². The monoisotopic (exact) mass is 383 g/mol. The van der Waals surface area contributed by atoms with Gasteiger partial charge in [-0.2, -0.15) is 13.2 Å². The van der Waals surface area contributed by atoms with E-state index in [0.29, 0.717) is 39.0 Å². The molecule has 1 heterocycles. The van der Waals surface area contributed by atoms with Crippen LogP contribution in [0.15, 0.2) is 24.3 Å². The Hall–Kier alpha value is -2.58. The van der Waals surface area contributed by atoms with Crippen molar-refractivity contribution >= 4 is 23.4 Å². The van der Waals surface area contributed by atoms with Crippen molar-refractivity contribution in [3.05, 3.63) is 29.8 Å². The lowest BCUT2D eigenvalue weighted by atomic mass is 10.0. The van der Waals surface area contributed by atoms with E-state index in [9.17, 15) is 27.6 Å². The van der Waals surface area contributed by atoms with Gasteiger partial charge in [-0.1, -0.05) is 0 Å². The van der Waals surface area contributed by atoms with Gasteiger partial charge in [0, 0.05) is 38.8 Å². The second-order valence-corrected chi connectivity index (χ2v) is 6.91. The summed E-state index contributed by atoms with van der Waals surface area (Å²) in [6.07, 6.45) is -3.63. The molecule has 0 bridgehead atoms. The highest BCUT2D eigenvalue weighted by Gasteiger charge is 2.58. The summed E-state index contributed by atoms with van der Waals surface area (Å²) in [5, 5.41) is 2.55. The number of rotatable bonds is 3. The van der Waals surface area contributed by atoms with E-state index < -0.39 is 23.1 Å². The zero-order chi connectivity index (χ0) is 19.8. The van der Waals surface area contributed by atoms with Gasteiger partial charge >= 0.3 is 6.18 Å². The normalized spacial score (nSPS) is 18.8. The van der Waals surface area contributed by atoms with Crippen molar-refractivity contribution in [3.8, 4) is 0 Å². The number of benzene rings is 1. The Morgan fingerprint density at radius 2 is 1.48 bits per heavy atom. The van der Waals surface area contributed by atoms with Gasteiger partial charge in [-0.3, -0.25) is 14.4 Å². The number of hydrogen-bond donors (Lipinski definition) is 1. The van der Waals surface area contributed by atoms with Crippen LogP contribution in [0.1, 0.15) is 25.3 Å². The van der Waals surface area contributed by atoms with E-state index in [2.05, 4.69) is 5.32 Å². The zero-order valence-corrected chi connectivity index (χ0v) is 14.8. The van der Waals surface area contributed by atoms with Crippen molar-refractivity contribution in [1.29, 1.82) is 0 Å². The Morgan fingerprint density at radius 3 is 1.93 bits per heavy atom. The molecule has 6 nitrogen and oxygen atoms in total. The van der Waals surface area contributed by atoms with Crippen LogP contribution in [0.25, 0.3) is 0 Å². The van der Waals surface area contributed by atoms with Crippen molar-refractivity contribution in [2.45, 2.75) is 25.9 Å². The number of carbonyl (C=O) groups excluding carboxylic acids is 3. The van der Waals surface area contributed by atoms with Crippen molar-refractivity contribution < 1.29 is 27.6 Å². The third-order valence-corrected chi connectivity index (χ3v) is 5.08. The fourth-order valence-corrected chi connectivity index (χ4v) is 3.18. The quantitative estimate of drug-likeness (QED) is 0.813. The highest BCUT2D eigenvalue weighted by atomic mass is 19.4. The van der Waals surface area contributed by atoms with Crippen LogP contribution in [-0.2, 0) is 20.6 Å². The minimum absolute atomic E-state index is 0.0525. The van der Waals surface area contributed by atoms with Crippen LogP contribution in [0.3, 0.4) is 0 Å². The molecule has 3 rings (SSSR count). The maximum absolute atomic E-state index is 12.8. The first-order valence-electron chi connectivity index (χ1n) is 8.67. The molecule has 0 spiro atoms. The molecule has 0 atom stereocenters. The first-order valence-corrected chi connectivity index (χ1v) is 8.67.